The van der Waals surface area contributed by atoms with E-state index >= 15 is 0 Å². The summed E-state index contributed by atoms with van der Waals surface area (Å²) in [6, 6.07) is 29.3. The fraction of sp³-hybridized carbons (Fsp3) is 0.158. The third kappa shape index (κ3) is 12.1. The van der Waals surface area contributed by atoms with Crippen molar-refractivity contribution in [1.29, 1.82) is 0 Å². The Morgan fingerprint density at radius 3 is 1.42 bits per heavy atom. The van der Waals surface area contributed by atoms with E-state index in [4.69, 9.17) is 0 Å². The minimum absolute atomic E-state index is 0.0139. The minimum Gasteiger partial charge on any atom is -0.395 e. The first-order valence-corrected chi connectivity index (χ1v) is 20.7. The second kappa shape index (κ2) is 19.3. The minimum atomic E-state index is -5.44. The fourth-order valence-corrected chi connectivity index (χ4v) is 7.23. The van der Waals surface area contributed by atoms with Crippen LogP contribution in [0.15, 0.2) is 108 Å². The van der Waals surface area contributed by atoms with E-state index < -0.39 is 25.4 Å². The van der Waals surface area contributed by atoms with E-state index in [9.17, 15) is 31.6 Å². The van der Waals surface area contributed by atoms with E-state index in [0.717, 1.165) is 11.8 Å². The molecule has 0 atom stereocenters. The van der Waals surface area contributed by atoms with Crippen LogP contribution in [0.1, 0.15) is 11.1 Å². The SMILES string of the molecule is CN(CCO)c1nc(Nc2ccccc2)nc(Nc2ccc(C=Cc3ccc(Nc4nc(Nc5ccccc5)nc(N(C)CCO)n4)cc3S(=O)(=O)OS(=O)(=O)O)cc2)n1. The Morgan fingerprint density at radius 2 is 0.983 bits per heavy atom. The van der Waals surface area contributed by atoms with Crippen LogP contribution in [0.3, 0.4) is 0 Å². The number of hydrogen-bond donors (Lipinski definition) is 7. The first-order chi connectivity index (χ1) is 28.8. The molecule has 0 saturated carbocycles. The normalized spacial score (nSPS) is 11.6. The van der Waals surface area contributed by atoms with Gasteiger partial charge in [-0.25, -0.2) is 0 Å². The number of likely N-dealkylation sites (N-methyl/N-ethyl adjacent to an activating group) is 2. The highest BCUT2D eigenvalue weighted by Crippen LogP contribution is 2.28. The van der Waals surface area contributed by atoms with E-state index in [-0.39, 0.29) is 67.3 Å². The van der Waals surface area contributed by atoms with Gasteiger partial charge in [-0.3, -0.25) is 4.55 Å². The zero-order chi connectivity index (χ0) is 42.7. The van der Waals surface area contributed by atoms with E-state index in [0.29, 0.717) is 22.9 Å². The molecular formula is C38H40N12O8S2. The Bertz CT molecular complexity index is 2650. The Morgan fingerprint density at radius 1 is 0.567 bits per heavy atom. The lowest BCUT2D eigenvalue weighted by Gasteiger charge is -2.18. The Labute approximate surface area is 345 Å². The highest BCUT2D eigenvalue weighted by atomic mass is 32.3. The van der Waals surface area contributed by atoms with Gasteiger partial charge in [0.05, 0.1) is 13.2 Å². The molecule has 4 aromatic carbocycles. The molecule has 7 N–H and O–H groups in total. The van der Waals surface area contributed by atoms with Crippen molar-refractivity contribution in [3.05, 3.63) is 114 Å². The van der Waals surface area contributed by atoms with Gasteiger partial charge in [-0.2, -0.15) is 46.7 Å². The molecule has 60 heavy (non-hydrogen) atoms. The molecular weight excluding hydrogens is 817 g/mol. The standard InChI is InChI=1S/C38H40N12O8S2/c1-49(21-23-51)37-45-33(39-28-9-5-3-6-10-28)43-35(47-37)41-30-18-14-26(15-19-30)13-16-27-17-20-31(25-32(27)59(53,54)58-60(55,56)57)42-36-44-34(40-29-11-7-4-8-12-29)46-38(48-36)50(2)22-24-52/h3-20,25,51-52H,21-24H2,1-2H3,(H,55,56,57)(H2,39,41,43,45,47)(H2,40,42,44,46,48). The Kier molecular flexibility index (Phi) is 13.8. The molecule has 0 aliphatic rings. The second-order valence-corrected chi connectivity index (χ2v) is 15.5. The molecule has 0 aliphatic heterocycles. The van der Waals surface area contributed by atoms with Gasteiger partial charge < -0.3 is 41.3 Å². The van der Waals surface area contributed by atoms with Crippen LogP contribution < -0.4 is 31.1 Å². The van der Waals surface area contributed by atoms with E-state index in [1.165, 1.54) is 18.2 Å². The number of hydrogen-bond acceptors (Lipinski definition) is 19. The van der Waals surface area contributed by atoms with Crippen molar-refractivity contribution in [2.75, 3.05) is 71.5 Å². The third-order valence-corrected chi connectivity index (χ3v) is 10.5. The van der Waals surface area contributed by atoms with Crippen molar-refractivity contribution in [1.82, 2.24) is 29.9 Å². The van der Waals surface area contributed by atoms with Crippen molar-refractivity contribution in [2.24, 2.45) is 0 Å². The van der Waals surface area contributed by atoms with Crippen LogP contribution in [0.5, 0.6) is 0 Å². The molecule has 6 rings (SSSR count). The zero-order valence-electron chi connectivity index (χ0n) is 32.1. The van der Waals surface area contributed by atoms with Gasteiger partial charge in [0, 0.05) is 49.9 Å². The third-order valence-electron chi connectivity index (χ3n) is 8.20. The average Bonchev–Trinajstić information content (AvgIpc) is 3.21. The summed E-state index contributed by atoms with van der Waals surface area (Å²) >= 11 is 0. The molecule has 0 radical (unpaired) electrons. The maximum Gasteiger partial charge on any atom is 0.412 e. The summed E-state index contributed by atoms with van der Waals surface area (Å²) in [4.78, 5) is 29.3. The smallest absolute Gasteiger partial charge is 0.395 e. The number of rotatable bonds is 19. The first kappa shape index (κ1) is 42.8. The highest BCUT2D eigenvalue weighted by Gasteiger charge is 2.26. The maximum absolute atomic E-state index is 13.3. The summed E-state index contributed by atoms with van der Waals surface area (Å²) in [7, 11) is -7.14. The van der Waals surface area contributed by atoms with Crippen LogP contribution in [0, 0.1) is 0 Å². The van der Waals surface area contributed by atoms with Crippen molar-refractivity contribution >= 4 is 91.1 Å². The van der Waals surface area contributed by atoms with Gasteiger partial charge in [0.15, 0.2) is 0 Å². The number of aliphatic hydroxyl groups excluding tert-OH is 2. The van der Waals surface area contributed by atoms with Crippen molar-refractivity contribution in [2.45, 2.75) is 4.90 Å². The molecule has 0 unspecified atom stereocenters. The van der Waals surface area contributed by atoms with Gasteiger partial charge in [0.1, 0.15) is 4.90 Å². The summed E-state index contributed by atoms with van der Waals surface area (Å²) in [6.45, 7) is 0.195. The number of aliphatic hydroxyl groups is 2. The summed E-state index contributed by atoms with van der Waals surface area (Å²) in [5, 5.41) is 31.2. The maximum atomic E-state index is 13.3. The van der Waals surface area contributed by atoms with Gasteiger partial charge >= 0.3 is 20.5 Å². The average molecular weight is 857 g/mol. The number of anilines is 10. The highest BCUT2D eigenvalue weighted by molar-refractivity contribution is 7.97. The van der Waals surface area contributed by atoms with Gasteiger partial charge in [0.25, 0.3) is 0 Å². The predicted octanol–water partition coefficient (Wildman–Crippen LogP) is 4.57. The predicted molar refractivity (Wildman–Crippen MR) is 228 cm³/mol. The van der Waals surface area contributed by atoms with Gasteiger partial charge in [-0.05, 0) is 59.7 Å². The molecule has 22 heteroatoms. The second-order valence-electron chi connectivity index (χ2n) is 12.7. The number of nitrogens with one attached hydrogen (secondary N) is 4. The fourth-order valence-electron chi connectivity index (χ4n) is 5.33. The van der Waals surface area contributed by atoms with E-state index in [1.807, 2.05) is 48.5 Å². The van der Waals surface area contributed by atoms with Crippen molar-refractivity contribution in [3.63, 3.8) is 0 Å². The molecule has 0 amide bonds. The number of aromatic nitrogens is 6. The molecule has 312 valence electrons. The molecule has 0 fully saturated rings. The molecule has 2 aromatic heterocycles. The van der Waals surface area contributed by atoms with Crippen molar-refractivity contribution < 1.29 is 35.2 Å². The van der Waals surface area contributed by atoms with E-state index in [2.05, 4.69) is 54.8 Å². The van der Waals surface area contributed by atoms with Crippen LogP contribution in [0.2, 0.25) is 0 Å². The summed E-state index contributed by atoms with van der Waals surface area (Å²) < 4.78 is 63.2. The molecule has 6 aromatic rings. The van der Waals surface area contributed by atoms with Gasteiger partial charge in [-0.1, -0.05) is 66.7 Å². The molecule has 20 nitrogen and oxygen atoms in total. The monoisotopic (exact) mass is 856 g/mol. The zero-order valence-corrected chi connectivity index (χ0v) is 33.7. The Balaban J connectivity index is 1.26. The van der Waals surface area contributed by atoms with E-state index in [1.54, 1.807) is 66.4 Å². The lowest BCUT2D eigenvalue weighted by atomic mass is 10.1. The molecule has 2 heterocycles. The van der Waals surface area contributed by atoms with Gasteiger partial charge in [0.2, 0.25) is 35.7 Å². The first-order valence-electron chi connectivity index (χ1n) is 18.0. The largest absolute Gasteiger partial charge is 0.412 e. The van der Waals surface area contributed by atoms with Gasteiger partial charge in [-0.15, -0.1) is 3.63 Å². The van der Waals surface area contributed by atoms with Crippen LogP contribution in [0.4, 0.5) is 58.4 Å². The van der Waals surface area contributed by atoms with Crippen LogP contribution in [-0.4, -0.2) is 102 Å². The van der Waals surface area contributed by atoms with Crippen LogP contribution in [0.25, 0.3) is 12.2 Å². The summed E-state index contributed by atoms with van der Waals surface area (Å²) in [5.74, 6) is 1.11. The number of benzene rings is 4. The molecule has 0 spiro atoms. The summed E-state index contributed by atoms with van der Waals surface area (Å²) in [5.41, 5.74) is 2.78. The van der Waals surface area contributed by atoms with Crippen molar-refractivity contribution in [3.8, 4) is 0 Å². The quantitative estimate of drug-likeness (QED) is 0.0434. The molecule has 0 aliphatic carbocycles. The number of nitrogens with zero attached hydrogens (tertiary/aromatic N) is 8. The van der Waals surface area contributed by atoms with Crippen LogP contribution >= 0.6 is 0 Å². The lowest BCUT2D eigenvalue weighted by molar-refractivity contribution is 0.303. The summed E-state index contributed by atoms with van der Waals surface area (Å²) in [6.07, 6.45) is 3.01. The molecule has 0 saturated heterocycles. The number of para-hydroxylation sites is 2. The molecule has 0 bridgehead atoms. The van der Waals surface area contributed by atoms with Crippen LogP contribution in [-0.2, 0) is 24.1 Å². The topological polar surface area (TPSA) is 270 Å². The Hall–Kier alpha value is -6.82. The lowest BCUT2D eigenvalue weighted by Crippen LogP contribution is -2.24.